The predicted octanol–water partition coefficient (Wildman–Crippen LogP) is 6.02. The number of benzene rings is 1. The van der Waals surface area contributed by atoms with E-state index in [1.807, 2.05) is 0 Å². The van der Waals surface area contributed by atoms with Crippen molar-refractivity contribution in [1.82, 2.24) is 19.2 Å². The summed E-state index contributed by atoms with van der Waals surface area (Å²) in [5.74, 6) is 0. The molecular formula is C26H34N4O. The van der Waals surface area contributed by atoms with Crippen LogP contribution in [0.3, 0.4) is 0 Å². The Balaban J connectivity index is 1.90. The molecule has 4 aromatic rings. The molecule has 3 heterocycles. The molecule has 0 fully saturated rings. The first-order valence-electron chi connectivity index (χ1n) is 11.3. The van der Waals surface area contributed by atoms with Gasteiger partial charge in [-0.05, 0) is 77.1 Å². The minimum absolute atomic E-state index is 0.783. The van der Waals surface area contributed by atoms with E-state index in [0.717, 1.165) is 60.8 Å². The van der Waals surface area contributed by atoms with Gasteiger partial charge in [0.25, 0.3) is 0 Å². The molecule has 0 N–H and O–H groups in total. The van der Waals surface area contributed by atoms with Crippen LogP contribution in [0.15, 0.2) is 18.2 Å². The highest BCUT2D eigenvalue weighted by molar-refractivity contribution is 5.90. The number of hydrogen-bond acceptors (Lipinski definition) is 3. The Morgan fingerprint density at radius 3 is 2.26 bits per heavy atom. The summed E-state index contributed by atoms with van der Waals surface area (Å²) >= 11 is 0. The maximum Gasteiger partial charge on any atom is 0.165 e. The zero-order valence-electron chi connectivity index (χ0n) is 20.0. The van der Waals surface area contributed by atoms with Gasteiger partial charge in [0.1, 0.15) is 5.65 Å². The minimum atomic E-state index is 0.783. The van der Waals surface area contributed by atoms with Crippen molar-refractivity contribution in [3.8, 4) is 11.1 Å². The molecule has 31 heavy (non-hydrogen) atoms. The van der Waals surface area contributed by atoms with E-state index in [2.05, 4.69) is 75.7 Å². The lowest BCUT2D eigenvalue weighted by Crippen LogP contribution is -2.08. The molecule has 0 saturated carbocycles. The average Bonchev–Trinajstić information content (AvgIpc) is 3.19. The highest BCUT2D eigenvalue weighted by atomic mass is 16.5. The summed E-state index contributed by atoms with van der Waals surface area (Å²) in [4.78, 5) is 5.04. The van der Waals surface area contributed by atoms with Crippen LogP contribution in [0.25, 0.3) is 27.8 Å². The predicted molar refractivity (Wildman–Crippen MR) is 128 cm³/mol. The fourth-order valence-corrected chi connectivity index (χ4v) is 4.86. The van der Waals surface area contributed by atoms with Crippen LogP contribution in [-0.2, 0) is 11.3 Å². The van der Waals surface area contributed by atoms with Gasteiger partial charge in [0.15, 0.2) is 5.65 Å². The Labute approximate surface area is 185 Å². The zero-order valence-corrected chi connectivity index (χ0v) is 20.0. The molecule has 5 heteroatoms. The van der Waals surface area contributed by atoms with Crippen molar-refractivity contribution in [3.05, 3.63) is 52.0 Å². The van der Waals surface area contributed by atoms with Crippen molar-refractivity contribution >= 4 is 16.7 Å². The summed E-state index contributed by atoms with van der Waals surface area (Å²) in [6, 6.07) is 6.74. The first-order chi connectivity index (χ1) is 14.8. The second-order valence-electron chi connectivity index (χ2n) is 8.81. The van der Waals surface area contributed by atoms with E-state index in [4.69, 9.17) is 14.8 Å². The van der Waals surface area contributed by atoms with Crippen LogP contribution >= 0.6 is 0 Å². The van der Waals surface area contributed by atoms with E-state index in [1.165, 1.54) is 33.3 Å². The monoisotopic (exact) mass is 418 g/mol. The summed E-state index contributed by atoms with van der Waals surface area (Å²) in [6.07, 6.45) is 2.04. The quantitative estimate of drug-likeness (QED) is 0.345. The number of aryl methyl sites for hydroxylation is 7. The number of nitrogens with zero attached hydrogens (tertiary/aromatic N) is 4. The first kappa shape index (κ1) is 21.6. The second kappa shape index (κ2) is 8.46. The largest absolute Gasteiger partial charge is 0.381 e. The van der Waals surface area contributed by atoms with Crippen LogP contribution in [0.2, 0.25) is 0 Å². The van der Waals surface area contributed by atoms with Gasteiger partial charge in [-0.2, -0.15) is 9.61 Å². The van der Waals surface area contributed by atoms with Crippen LogP contribution in [0.1, 0.15) is 53.5 Å². The Hall–Kier alpha value is -2.66. The van der Waals surface area contributed by atoms with E-state index < -0.39 is 0 Å². The van der Waals surface area contributed by atoms with E-state index in [0.29, 0.717) is 0 Å². The minimum Gasteiger partial charge on any atom is -0.381 e. The van der Waals surface area contributed by atoms with Crippen LogP contribution in [0.5, 0.6) is 0 Å². The standard InChI is InChI=1S/C26H34N4O/c1-8-11-31-12-9-10-29-19(5)15-22-20(6)27-25-24(21(7)28-30(25)26(22)29)23-17(3)13-16(2)14-18(23)4/h13-15H,8-12H2,1-7H3. The number of hydrogen-bond donors (Lipinski definition) is 0. The molecule has 0 amide bonds. The molecule has 164 valence electrons. The third-order valence-corrected chi connectivity index (χ3v) is 6.12. The molecule has 0 bridgehead atoms. The highest BCUT2D eigenvalue weighted by Crippen LogP contribution is 2.35. The van der Waals surface area contributed by atoms with Gasteiger partial charge in [-0.3, -0.25) is 0 Å². The molecule has 0 unspecified atom stereocenters. The molecule has 0 atom stereocenters. The molecule has 0 radical (unpaired) electrons. The highest BCUT2D eigenvalue weighted by Gasteiger charge is 2.21. The van der Waals surface area contributed by atoms with Gasteiger partial charge < -0.3 is 9.30 Å². The Bertz CT molecular complexity index is 1240. The molecule has 4 rings (SSSR count). The molecule has 0 aliphatic carbocycles. The number of rotatable bonds is 7. The molecule has 0 aliphatic rings. The van der Waals surface area contributed by atoms with Crippen LogP contribution < -0.4 is 0 Å². The van der Waals surface area contributed by atoms with Crippen molar-refractivity contribution in [2.75, 3.05) is 13.2 Å². The van der Waals surface area contributed by atoms with E-state index in [1.54, 1.807) is 0 Å². The van der Waals surface area contributed by atoms with Gasteiger partial charge in [0.05, 0.1) is 17.0 Å². The van der Waals surface area contributed by atoms with E-state index in [-0.39, 0.29) is 0 Å². The second-order valence-corrected chi connectivity index (χ2v) is 8.81. The zero-order chi connectivity index (χ0) is 22.3. The summed E-state index contributed by atoms with van der Waals surface area (Å²) in [5.41, 5.74) is 11.6. The fourth-order valence-electron chi connectivity index (χ4n) is 4.86. The van der Waals surface area contributed by atoms with Crippen molar-refractivity contribution in [2.45, 2.75) is 67.9 Å². The molecule has 3 aromatic heterocycles. The number of aromatic nitrogens is 4. The van der Waals surface area contributed by atoms with Crippen LogP contribution in [-0.4, -0.2) is 32.4 Å². The van der Waals surface area contributed by atoms with E-state index >= 15 is 0 Å². The average molecular weight is 419 g/mol. The van der Waals surface area contributed by atoms with Gasteiger partial charge in [-0.15, -0.1) is 0 Å². The molecule has 1 aromatic carbocycles. The Morgan fingerprint density at radius 1 is 0.871 bits per heavy atom. The lowest BCUT2D eigenvalue weighted by Gasteiger charge is -2.12. The molecular weight excluding hydrogens is 384 g/mol. The Morgan fingerprint density at radius 2 is 1.58 bits per heavy atom. The summed E-state index contributed by atoms with van der Waals surface area (Å²) < 4.78 is 10.1. The SMILES string of the molecule is CCCOCCCn1c(C)cc2c(C)nc3c(-c4c(C)cc(C)cc4C)c(C)nn3c21. The summed E-state index contributed by atoms with van der Waals surface area (Å²) in [7, 11) is 0. The molecule has 0 saturated heterocycles. The molecule has 0 spiro atoms. The van der Waals surface area contributed by atoms with Gasteiger partial charge in [0.2, 0.25) is 0 Å². The normalized spacial score (nSPS) is 11.8. The maximum atomic E-state index is 5.71. The van der Waals surface area contributed by atoms with Gasteiger partial charge in [0, 0.05) is 30.8 Å². The topological polar surface area (TPSA) is 44.3 Å². The third-order valence-electron chi connectivity index (χ3n) is 6.12. The summed E-state index contributed by atoms with van der Waals surface area (Å²) in [5, 5.41) is 6.17. The number of ether oxygens (including phenoxy) is 1. The van der Waals surface area contributed by atoms with Crippen molar-refractivity contribution in [1.29, 1.82) is 0 Å². The van der Waals surface area contributed by atoms with Crippen LogP contribution in [0.4, 0.5) is 0 Å². The molecule has 5 nitrogen and oxygen atoms in total. The van der Waals surface area contributed by atoms with Crippen molar-refractivity contribution < 1.29 is 4.74 Å². The lowest BCUT2D eigenvalue weighted by atomic mass is 9.94. The Kier molecular flexibility index (Phi) is 5.89. The van der Waals surface area contributed by atoms with Crippen molar-refractivity contribution in [2.24, 2.45) is 0 Å². The van der Waals surface area contributed by atoms with Crippen LogP contribution in [0, 0.1) is 41.5 Å². The van der Waals surface area contributed by atoms with Gasteiger partial charge in [-0.1, -0.05) is 24.6 Å². The lowest BCUT2D eigenvalue weighted by molar-refractivity contribution is 0.129. The molecule has 0 aliphatic heterocycles. The third kappa shape index (κ3) is 3.76. The first-order valence-corrected chi connectivity index (χ1v) is 11.3. The summed E-state index contributed by atoms with van der Waals surface area (Å²) in [6.45, 7) is 17.6. The van der Waals surface area contributed by atoms with Gasteiger partial charge >= 0.3 is 0 Å². The smallest absolute Gasteiger partial charge is 0.165 e. The van der Waals surface area contributed by atoms with Gasteiger partial charge in [-0.25, -0.2) is 4.98 Å². The number of fused-ring (bicyclic) bond motifs is 3. The maximum absolute atomic E-state index is 5.71. The fraction of sp³-hybridized carbons (Fsp3) is 0.462. The van der Waals surface area contributed by atoms with Crippen molar-refractivity contribution in [3.63, 3.8) is 0 Å². The van der Waals surface area contributed by atoms with E-state index in [9.17, 15) is 0 Å².